The number of thiazole rings is 1. The van der Waals surface area contributed by atoms with Gasteiger partial charge in [-0.15, -0.1) is 11.3 Å². The molecular formula is C16H27N3O2S. The van der Waals surface area contributed by atoms with Gasteiger partial charge in [0.15, 0.2) is 0 Å². The number of hydrogen-bond donors (Lipinski definition) is 2. The van der Waals surface area contributed by atoms with Crippen LogP contribution in [-0.2, 0) is 6.42 Å². The summed E-state index contributed by atoms with van der Waals surface area (Å²) in [5.41, 5.74) is 0. The second kappa shape index (κ2) is 7.92. The van der Waals surface area contributed by atoms with Gasteiger partial charge in [0.2, 0.25) is 0 Å². The SMILES string of the molecule is CCc1cnc([C@H](C)NC(=O)N(C)C[C@H]2CCCC[C@H]2O)s1. The molecule has 6 heteroatoms. The van der Waals surface area contributed by atoms with Gasteiger partial charge in [0.1, 0.15) is 5.01 Å². The van der Waals surface area contributed by atoms with E-state index in [0.29, 0.717) is 6.54 Å². The van der Waals surface area contributed by atoms with Gasteiger partial charge in [-0.05, 0) is 26.2 Å². The Hall–Kier alpha value is -1.14. The highest BCUT2D eigenvalue weighted by atomic mass is 32.1. The quantitative estimate of drug-likeness (QED) is 0.875. The van der Waals surface area contributed by atoms with Gasteiger partial charge in [0.25, 0.3) is 0 Å². The third kappa shape index (κ3) is 4.43. The van der Waals surface area contributed by atoms with E-state index in [-0.39, 0.29) is 24.1 Å². The molecule has 2 N–H and O–H groups in total. The van der Waals surface area contributed by atoms with Crippen LogP contribution < -0.4 is 5.32 Å². The second-order valence-electron chi connectivity index (χ2n) is 6.18. The zero-order valence-electron chi connectivity index (χ0n) is 13.7. The van der Waals surface area contributed by atoms with Crippen LogP contribution in [0.25, 0.3) is 0 Å². The van der Waals surface area contributed by atoms with E-state index in [9.17, 15) is 9.90 Å². The highest BCUT2D eigenvalue weighted by molar-refractivity contribution is 7.11. The van der Waals surface area contributed by atoms with Gasteiger partial charge in [0.05, 0.1) is 12.1 Å². The monoisotopic (exact) mass is 325 g/mol. The Kier molecular flexibility index (Phi) is 6.20. The fourth-order valence-corrected chi connectivity index (χ4v) is 3.74. The van der Waals surface area contributed by atoms with Gasteiger partial charge in [-0.3, -0.25) is 0 Å². The molecule has 22 heavy (non-hydrogen) atoms. The predicted octanol–water partition coefficient (Wildman–Crippen LogP) is 2.96. The van der Waals surface area contributed by atoms with Crippen molar-refractivity contribution in [2.75, 3.05) is 13.6 Å². The molecule has 1 aromatic rings. The number of aryl methyl sites for hydroxylation is 1. The average molecular weight is 325 g/mol. The number of rotatable bonds is 5. The molecule has 0 aliphatic heterocycles. The van der Waals surface area contributed by atoms with Crippen molar-refractivity contribution in [2.24, 2.45) is 5.92 Å². The number of aliphatic hydroxyl groups is 1. The summed E-state index contributed by atoms with van der Waals surface area (Å²) in [6.45, 7) is 4.67. The molecule has 0 unspecified atom stereocenters. The third-order valence-corrected chi connectivity index (χ3v) is 5.68. The van der Waals surface area contributed by atoms with E-state index < -0.39 is 0 Å². The Bertz CT molecular complexity index is 491. The number of carbonyl (C=O) groups excluding carboxylic acids is 1. The summed E-state index contributed by atoms with van der Waals surface area (Å²) in [7, 11) is 1.79. The van der Waals surface area contributed by atoms with Crippen molar-refractivity contribution in [3.05, 3.63) is 16.1 Å². The van der Waals surface area contributed by atoms with Crippen molar-refractivity contribution in [3.8, 4) is 0 Å². The van der Waals surface area contributed by atoms with Gasteiger partial charge in [-0.25, -0.2) is 9.78 Å². The first-order valence-corrected chi connectivity index (χ1v) is 8.97. The summed E-state index contributed by atoms with van der Waals surface area (Å²) >= 11 is 1.65. The fourth-order valence-electron chi connectivity index (χ4n) is 2.88. The van der Waals surface area contributed by atoms with Crippen molar-refractivity contribution < 1.29 is 9.90 Å². The molecule has 1 heterocycles. The Morgan fingerprint density at radius 1 is 1.55 bits per heavy atom. The molecule has 1 saturated carbocycles. The lowest BCUT2D eigenvalue weighted by atomic mass is 9.86. The highest BCUT2D eigenvalue weighted by Gasteiger charge is 2.26. The number of aromatic nitrogens is 1. The number of hydrogen-bond acceptors (Lipinski definition) is 4. The normalized spacial score (nSPS) is 23.1. The first-order chi connectivity index (χ1) is 10.5. The molecule has 0 spiro atoms. The largest absolute Gasteiger partial charge is 0.393 e. The summed E-state index contributed by atoms with van der Waals surface area (Å²) in [5, 5.41) is 14.0. The number of carbonyl (C=O) groups is 1. The number of amides is 2. The van der Waals surface area contributed by atoms with Crippen LogP contribution in [0.1, 0.15) is 55.5 Å². The lowest BCUT2D eigenvalue weighted by Gasteiger charge is -2.31. The summed E-state index contributed by atoms with van der Waals surface area (Å²) in [6.07, 6.45) is 6.67. The molecule has 0 saturated heterocycles. The molecule has 3 atom stereocenters. The first kappa shape index (κ1) is 17.2. The second-order valence-corrected chi connectivity index (χ2v) is 7.33. The minimum atomic E-state index is -0.271. The summed E-state index contributed by atoms with van der Waals surface area (Å²) in [6, 6.07) is -0.185. The Morgan fingerprint density at radius 2 is 2.27 bits per heavy atom. The van der Waals surface area contributed by atoms with E-state index in [2.05, 4.69) is 17.2 Å². The maximum Gasteiger partial charge on any atom is 0.317 e. The average Bonchev–Trinajstić information content (AvgIpc) is 2.98. The number of nitrogens with zero attached hydrogens (tertiary/aromatic N) is 2. The minimum absolute atomic E-state index is 0.0865. The maximum atomic E-state index is 12.3. The molecule has 0 bridgehead atoms. The van der Waals surface area contributed by atoms with Crippen LogP contribution in [0, 0.1) is 5.92 Å². The molecule has 0 aromatic carbocycles. The number of urea groups is 1. The highest BCUT2D eigenvalue weighted by Crippen LogP contribution is 2.25. The molecule has 2 amide bonds. The van der Waals surface area contributed by atoms with E-state index in [1.54, 1.807) is 23.3 Å². The number of aliphatic hydroxyl groups excluding tert-OH is 1. The van der Waals surface area contributed by atoms with Crippen LogP contribution in [0.3, 0.4) is 0 Å². The minimum Gasteiger partial charge on any atom is -0.393 e. The van der Waals surface area contributed by atoms with Gasteiger partial charge in [-0.2, -0.15) is 0 Å². The zero-order valence-corrected chi connectivity index (χ0v) is 14.5. The van der Waals surface area contributed by atoms with Crippen molar-refractivity contribution in [1.82, 2.24) is 15.2 Å². The lowest BCUT2D eigenvalue weighted by Crippen LogP contribution is -2.43. The molecule has 5 nitrogen and oxygen atoms in total. The van der Waals surface area contributed by atoms with Crippen LogP contribution in [0.5, 0.6) is 0 Å². The Labute approximate surface area is 136 Å². The first-order valence-electron chi connectivity index (χ1n) is 8.15. The summed E-state index contributed by atoms with van der Waals surface area (Å²) in [5.74, 6) is 0.200. The van der Waals surface area contributed by atoms with Gasteiger partial charge in [0, 0.05) is 30.6 Å². The van der Waals surface area contributed by atoms with E-state index >= 15 is 0 Å². The summed E-state index contributed by atoms with van der Waals surface area (Å²) in [4.78, 5) is 19.6. The number of nitrogens with one attached hydrogen (secondary N) is 1. The fraction of sp³-hybridized carbons (Fsp3) is 0.750. The van der Waals surface area contributed by atoms with Crippen LogP contribution >= 0.6 is 11.3 Å². The molecule has 1 aliphatic rings. The van der Waals surface area contributed by atoms with E-state index in [0.717, 1.165) is 37.1 Å². The van der Waals surface area contributed by atoms with Gasteiger partial charge >= 0.3 is 6.03 Å². The molecule has 1 aliphatic carbocycles. The standard InChI is InChI=1S/C16H27N3O2S/c1-4-13-9-17-15(22-13)11(2)18-16(21)19(3)10-12-7-5-6-8-14(12)20/h9,11-12,14,20H,4-8,10H2,1-3H3,(H,18,21)/t11-,12+,14+/m0/s1. The molecule has 124 valence electrons. The lowest BCUT2D eigenvalue weighted by molar-refractivity contribution is 0.0563. The van der Waals surface area contributed by atoms with Crippen molar-refractivity contribution in [3.63, 3.8) is 0 Å². The van der Waals surface area contributed by atoms with Crippen LogP contribution in [0.15, 0.2) is 6.20 Å². The maximum absolute atomic E-state index is 12.3. The molecule has 1 aromatic heterocycles. The van der Waals surface area contributed by atoms with Crippen molar-refractivity contribution in [2.45, 2.75) is 58.1 Å². The Morgan fingerprint density at radius 3 is 2.91 bits per heavy atom. The van der Waals surface area contributed by atoms with E-state index in [1.807, 2.05) is 13.1 Å². The Balaban J connectivity index is 1.84. The smallest absolute Gasteiger partial charge is 0.317 e. The topological polar surface area (TPSA) is 65.5 Å². The third-order valence-electron chi connectivity index (χ3n) is 4.35. The van der Waals surface area contributed by atoms with Crippen molar-refractivity contribution >= 4 is 17.4 Å². The zero-order chi connectivity index (χ0) is 16.1. The van der Waals surface area contributed by atoms with Gasteiger partial charge in [-0.1, -0.05) is 19.8 Å². The predicted molar refractivity (Wildman–Crippen MR) is 89.0 cm³/mol. The van der Waals surface area contributed by atoms with Crippen LogP contribution in [0.2, 0.25) is 0 Å². The molecule has 2 rings (SSSR count). The van der Waals surface area contributed by atoms with E-state index in [4.69, 9.17) is 0 Å². The van der Waals surface area contributed by atoms with E-state index in [1.165, 1.54) is 4.88 Å². The molecule has 0 radical (unpaired) electrons. The van der Waals surface area contributed by atoms with Gasteiger partial charge < -0.3 is 15.3 Å². The van der Waals surface area contributed by atoms with Crippen molar-refractivity contribution in [1.29, 1.82) is 0 Å². The van der Waals surface area contributed by atoms with Crippen LogP contribution in [0.4, 0.5) is 4.79 Å². The molecule has 1 fully saturated rings. The molecular weight excluding hydrogens is 298 g/mol. The summed E-state index contributed by atoms with van der Waals surface area (Å²) < 4.78 is 0. The van der Waals surface area contributed by atoms with Crippen LogP contribution in [-0.4, -0.2) is 40.7 Å².